The molecule has 1 unspecified atom stereocenters. The van der Waals surface area contributed by atoms with Gasteiger partial charge < -0.3 is 20.1 Å². The van der Waals surface area contributed by atoms with E-state index < -0.39 is 19.0 Å². The SMILES string of the molecule is CCC(=O)N1CC(CCCB(O)O)[C@H](C(=O)O)C1. The largest absolute Gasteiger partial charge is 0.481 e. The van der Waals surface area contributed by atoms with Gasteiger partial charge in [0.05, 0.1) is 5.92 Å². The number of hydrogen-bond donors (Lipinski definition) is 3. The van der Waals surface area contributed by atoms with Crippen LogP contribution in [0.15, 0.2) is 0 Å². The Hall–Kier alpha value is -1.08. The summed E-state index contributed by atoms with van der Waals surface area (Å²) in [7, 11) is -1.34. The average Bonchev–Trinajstić information content (AvgIpc) is 2.72. The topological polar surface area (TPSA) is 98.1 Å². The van der Waals surface area contributed by atoms with Crippen molar-refractivity contribution in [3.05, 3.63) is 0 Å². The Bertz CT molecular complexity index is 310. The first-order valence-electron chi connectivity index (χ1n) is 6.32. The summed E-state index contributed by atoms with van der Waals surface area (Å²) in [6.07, 6.45) is 1.78. The van der Waals surface area contributed by atoms with E-state index in [0.29, 0.717) is 25.8 Å². The van der Waals surface area contributed by atoms with Gasteiger partial charge in [-0.1, -0.05) is 13.3 Å². The number of likely N-dealkylation sites (tertiary alicyclic amines) is 1. The molecule has 2 atom stereocenters. The summed E-state index contributed by atoms with van der Waals surface area (Å²) in [5.41, 5.74) is 0. The van der Waals surface area contributed by atoms with Crippen molar-refractivity contribution in [3.63, 3.8) is 0 Å². The second kappa shape index (κ2) is 6.75. The van der Waals surface area contributed by atoms with Gasteiger partial charge in [-0.15, -0.1) is 0 Å². The Kier molecular flexibility index (Phi) is 5.62. The molecule has 18 heavy (non-hydrogen) atoms. The summed E-state index contributed by atoms with van der Waals surface area (Å²) < 4.78 is 0. The van der Waals surface area contributed by atoms with Crippen LogP contribution in [0.4, 0.5) is 0 Å². The molecule has 0 spiro atoms. The Morgan fingerprint density at radius 2 is 2.00 bits per heavy atom. The quantitative estimate of drug-likeness (QED) is 0.573. The highest BCUT2D eigenvalue weighted by atomic mass is 16.4. The molecule has 0 radical (unpaired) electrons. The molecule has 1 aliphatic heterocycles. The third kappa shape index (κ3) is 3.99. The van der Waals surface area contributed by atoms with E-state index in [9.17, 15) is 9.59 Å². The molecule has 0 aromatic rings. The van der Waals surface area contributed by atoms with Crippen molar-refractivity contribution in [1.29, 1.82) is 0 Å². The minimum absolute atomic E-state index is 0.0223. The van der Waals surface area contributed by atoms with Crippen molar-refractivity contribution in [1.82, 2.24) is 4.90 Å². The smallest absolute Gasteiger partial charge is 0.451 e. The summed E-state index contributed by atoms with van der Waals surface area (Å²) in [6, 6.07) is 0. The van der Waals surface area contributed by atoms with Gasteiger partial charge in [0.25, 0.3) is 0 Å². The predicted octanol–water partition coefficient (Wildman–Crippen LogP) is -0.191. The zero-order chi connectivity index (χ0) is 13.7. The molecule has 3 N–H and O–H groups in total. The third-order valence-electron chi connectivity index (χ3n) is 3.45. The number of rotatable bonds is 6. The van der Waals surface area contributed by atoms with Gasteiger partial charge in [-0.05, 0) is 18.7 Å². The van der Waals surface area contributed by atoms with Crippen LogP contribution in [0.2, 0.25) is 6.32 Å². The predicted molar refractivity (Wildman–Crippen MR) is 65.7 cm³/mol. The first kappa shape index (κ1) is 15.0. The molecular weight excluding hydrogens is 237 g/mol. The van der Waals surface area contributed by atoms with Crippen LogP contribution in [0, 0.1) is 11.8 Å². The summed E-state index contributed by atoms with van der Waals surface area (Å²) in [4.78, 5) is 24.3. The fourth-order valence-electron chi connectivity index (χ4n) is 2.43. The first-order valence-corrected chi connectivity index (χ1v) is 6.32. The van der Waals surface area contributed by atoms with E-state index in [1.807, 2.05) is 0 Å². The van der Waals surface area contributed by atoms with Crippen LogP contribution in [0.1, 0.15) is 26.2 Å². The molecule has 0 aromatic carbocycles. The Balaban J connectivity index is 2.53. The van der Waals surface area contributed by atoms with E-state index in [2.05, 4.69) is 0 Å². The highest BCUT2D eigenvalue weighted by Crippen LogP contribution is 2.28. The number of amides is 1. The minimum Gasteiger partial charge on any atom is -0.481 e. The van der Waals surface area contributed by atoms with E-state index >= 15 is 0 Å². The highest BCUT2D eigenvalue weighted by molar-refractivity contribution is 6.40. The number of carboxylic acid groups (broad SMARTS) is 1. The molecule has 1 rings (SSSR count). The molecule has 0 saturated carbocycles. The number of carbonyl (C=O) groups is 2. The zero-order valence-corrected chi connectivity index (χ0v) is 10.6. The fourth-order valence-corrected chi connectivity index (χ4v) is 2.43. The number of hydrogen-bond acceptors (Lipinski definition) is 4. The van der Waals surface area contributed by atoms with E-state index in [-0.39, 0.29) is 24.7 Å². The van der Waals surface area contributed by atoms with Crippen LogP contribution in [-0.4, -0.2) is 52.1 Å². The van der Waals surface area contributed by atoms with Crippen LogP contribution in [0.5, 0.6) is 0 Å². The van der Waals surface area contributed by atoms with E-state index in [4.69, 9.17) is 15.2 Å². The third-order valence-corrected chi connectivity index (χ3v) is 3.45. The second-order valence-electron chi connectivity index (χ2n) is 4.77. The van der Waals surface area contributed by atoms with Crippen LogP contribution in [0.3, 0.4) is 0 Å². The maximum Gasteiger partial charge on any atom is 0.451 e. The van der Waals surface area contributed by atoms with Gasteiger partial charge in [0.1, 0.15) is 0 Å². The molecular formula is C11H20BNO5. The molecule has 1 heterocycles. The maximum absolute atomic E-state index is 11.6. The van der Waals surface area contributed by atoms with Gasteiger partial charge in [0.2, 0.25) is 5.91 Å². The molecule has 0 bridgehead atoms. The van der Waals surface area contributed by atoms with Crippen molar-refractivity contribution in [3.8, 4) is 0 Å². The number of carboxylic acids is 1. The van der Waals surface area contributed by atoms with Crippen LogP contribution in [-0.2, 0) is 9.59 Å². The van der Waals surface area contributed by atoms with Gasteiger partial charge in [0, 0.05) is 19.5 Å². The van der Waals surface area contributed by atoms with Crippen LogP contribution >= 0.6 is 0 Å². The van der Waals surface area contributed by atoms with E-state index in [0.717, 1.165) is 0 Å². The van der Waals surface area contributed by atoms with Crippen LogP contribution < -0.4 is 0 Å². The van der Waals surface area contributed by atoms with Gasteiger partial charge in [-0.25, -0.2) is 0 Å². The molecule has 1 fully saturated rings. The summed E-state index contributed by atoms with van der Waals surface area (Å²) in [6.45, 7) is 2.49. The maximum atomic E-state index is 11.6. The molecule has 1 aliphatic rings. The standard InChI is InChI=1S/C11H20BNO5/c1-2-10(14)13-6-8(4-3-5-12(17)18)9(7-13)11(15)16/h8-9,17-18H,2-7H2,1H3,(H,15,16)/t8?,9-/m1/s1. The summed E-state index contributed by atoms with van der Waals surface area (Å²) >= 11 is 0. The normalized spacial score (nSPS) is 23.2. The number of nitrogens with zero attached hydrogens (tertiary/aromatic N) is 1. The molecule has 102 valence electrons. The van der Waals surface area contributed by atoms with Crippen molar-refractivity contribution in [2.45, 2.75) is 32.5 Å². The van der Waals surface area contributed by atoms with Crippen molar-refractivity contribution >= 4 is 19.0 Å². The highest BCUT2D eigenvalue weighted by Gasteiger charge is 2.38. The zero-order valence-electron chi connectivity index (χ0n) is 10.6. The molecule has 1 amide bonds. The van der Waals surface area contributed by atoms with Gasteiger partial charge in [0.15, 0.2) is 0 Å². The molecule has 1 saturated heterocycles. The monoisotopic (exact) mass is 257 g/mol. The molecule has 0 aromatic heterocycles. The molecule has 7 heteroatoms. The second-order valence-corrected chi connectivity index (χ2v) is 4.77. The van der Waals surface area contributed by atoms with E-state index in [1.165, 1.54) is 0 Å². The molecule has 6 nitrogen and oxygen atoms in total. The summed E-state index contributed by atoms with van der Waals surface area (Å²) in [5, 5.41) is 26.6. The first-order chi connectivity index (χ1) is 8.45. The molecule has 0 aliphatic carbocycles. The summed E-state index contributed by atoms with van der Waals surface area (Å²) in [5.74, 6) is -1.52. The lowest BCUT2D eigenvalue weighted by Crippen LogP contribution is -2.29. The Morgan fingerprint density at radius 3 is 2.50 bits per heavy atom. The van der Waals surface area contributed by atoms with E-state index in [1.54, 1.807) is 11.8 Å². The Morgan fingerprint density at radius 1 is 1.33 bits per heavy atom. The van der Waals surface area contributed by atoms with Crippen molar-refractivity contribution in [2.24, 2.45) is 11.8 Å². The van der Waals surface area contributed by atoms with Gasteiger partial charge in [-0.3, -0.25) is 9.59 Å². The Labute approximate surface area is 107 Å². The van der Waals surface area contributed by atoms with Crippen molar-refractivity contribution < 1.29 is 24.7 Å². The lowest BCUT2D eigenvalue weighted by Gasteiger charge is -2.15. The van der Waals surface area contributed by atoms with Gasteiger partial charge >= 0.3 is 13.1 Å². The number of aliphatic carboxylic acids is 1. The van der Waals surface area contributed by atoms with Crippen LogP contribution in [0.25, 0.3) is 0 Å². The minimum atomic E-state index is -1.34. The lowest BCUT2D eigenvalue weighted by molar-refractivity contribution is -0.142. The fraction of sp³-hybridized carbons (Fsp3) is 0.818. The average molecular weight is 257 g/mol. The van der Waals surface area contributed by atoms with Gasteiger partial charge in [-0.2, -0.15) is 0 Å². The number of carbonyl (C=O) groups excluding carboxylic acids is 1. The lowest BCUT2D eigenvalue weighted by atomic mass is 9.80. The van der Waals surface area contributed by atoms with Crippen molar-refractivity contribution in [2.75, 3.05) is 13.1 Å².